The van der Waals surface area contributed by atoms with Gasteiger partial charge >= 0.3 is 0 Å². The van der Waals surface area contributed by atoms with E-state index in [1.165, 1.54) is 4.31 Å². The van der Waals surface area contributed by atoms with Crippen LogP contribution in [0.5, 0.6) is 11.5 Å². The van der Waals surface area contributed by atoms with Crippen molar-refractivity contribution in [2.75, 3.05) is 30.3 Å². The van der Waals surface area contributed by atoms with Gasteiger partial charge < -0.3 is 14.8 Å². The summed E-state index contributed by atoms with van der Waals surface area (Å²) in [5, 5.41) is 2.90. The number of sulfonamides is 1. The highest BCUT2D eigenvalue weighted by Crippen LogP contribution is 2.28. The molecule has 2 aromatic carbocycles. The van der Waals surface area contributed by atoms with Crippen LogP contribution in [0.2, 0.25) is 0 Å². The Morgan fingerprint density at radius 2 is 1.90 bits per heavy atom. The Balaban J connectivity index is 1.68. The van der Waals surface area contributed by atoms with Gasteiger partial charge in [-0.1, -0.05) is 18.2 Å². The Bertz CT molecular complexity index is 1010. The first-order chi connectivity index (χ1) is 14.3. The molecule has 8 heteroatoms. The van der Waals surface area contributed by atoms with Crippen molar-refractivity contribution in [1.82, 2.24) is 5.32 Å². The van der Waals surface area contributed by atoms with E-state index in [2.05, 4.69) is 5.32 Å². The van der Waals surface area contributed by atoms with Crippen LogP contribution in [0.3, 0.4) is 0 Å². The van der Waals surface area contributed by atoms with E-state index in [0.29, 0.717) is 35.7 Å². The third-order valence-corrected chi connectivity index (χ3v) is 6.88. The number of aryl methyl sites for hydroxylation is 1. The van der Waals surface area contributed by atoms with E-state index in [1.54, 1.807) is 37.4 Å². The minimum Gasteiger partial charge on any atom is -0.493 e. The molecule has 1 saturated heterocycles. The predicted molar refractivity (Wildman–Crippen MR) is 117 cm³/mol. The largest absolute Gasteiger partial charge is 0.493 e. The average Bonchev–Trinajstić information content (AvgIpc) is 2.72. The van der Waals surface area contributed by atoms with Crippen molar-refractivity contribution in [1.29, 1.82) is 0 Å². The number of benzene rings is 2. The Morgan fingerprint density at radius 3 is 2.60 bits per heavy atom. The number of amides is 1. The molecule has 1 atom stereocenters. The molecule has 0 bridgehead atoms. The van der Waals surface area contributed by atoms with Crippen molar-refractivity contribution in [3.8, 4) is 11.5 Å². The Kier molecular flexibility index (Phi) is 6.87. The van der Waals surface area contributed by atoms with E-state index in [-0.39, 0.29) is 24.3 Å². The van der Waals surface area contributed by atoms with Gasteiger partial charge in [-0.05, 0) is 56.5 Å². The molecule has 0 radical (unpaired) electrons. The van der Waals surface area contributed by atoms with E-state index >= 15 is 0 Å². The van der Waals surface area contributed by atoms with Gasteiger partial charge in [-0.25, -0.2) is 8.42 Å². The molecule has 1 heterocycles. The Morgan fingerprint density at radius 1 is 1.17 bits per heavy atom. The second-order valence-electron chi connectivity index (χ2n) is 7.43. The first-order valence-corrected chi connectivity index (χ1v) is 11.6. The predicted octanol–water partition coefficient (Wildman–Crippen LogP) is 3.13. The topological polar surface area (TPSA) is 84.9 Å². The van der Waals surface area contributed by atoms with Crippen LogP contribution in [0.25, 0.3) is 0 Å². The summed E-state index contributed by atoms with van der Waals surface area (Å²) in [5.74, 6) is 1.10. The monoisotopic (exact) mass is 432 g/mol. The fraction of sp³-hybridized carbons (Fsp3) is 0.409. The smallest absolute Gasteiger partial charge is 0.251 e. The van der Waals surface area contributed by atoms with E-state index in [1.807, 2.05) is 26.0 Å². The minimum absolute atomic E-state index is 0.139. The summed E-state index contributed by atoms with van der Waals surface area (Å²) >= 11 is 0. The van der Waals surface area contributed by atoms with Crippen molar-refractivity contribution < 1.29 is 22.7 Å². The van der Waals surface area contributed by atoms with E-state index in [0.717, 1.165) is 12.0 Å². The molecule has 1 aliphatic heterocycles. The number of carbonyl (C=O) groups excluding carboxylic acids is 1. The third kappa shape index (κ3) is 5.05. The molecule has 3 rings (SSSR count). The molecule has 0 spiro atoms. The normalized spacial score (nSPS) is 16.6. The number of hydrogen-bond acceptors (Lipinski definition) is 5. The van der Waals surface area contributed by atoms with Gasteiger partial charge in [-0.3, -0.25) is 9.10 Å². The second kappa shape index (κ2) is 9.38. The number of carbonyl (C=O) groups is 1. The lowest BCUT2D eigenvalue weighted by molar-refractivity contribution is 0.0926. The lowest BCUT2D eigenvalue weighted by Gasteiger charge is -2.29. The fourth-order valence-corrected chi connectivity index (χ4v) is 5.07. The second-order valence-corrected chi connectivity index (χ2v) is 9.45. The number of nitrogens with one attached hydrogen (secondary N) is 1. The zero-order chi connectivity index (χ0) is 21.7. The summed E-state index contributed by atoms with van der Waals surface area (Å²) in [6, 6.07) is 12.2. The maximum atomic E-state index is 12.7. The molecule has 1 fully saturated rings. The van der Waals surface area contributed by atoms with Gasteiger partial charge in [-0.15, -0.1) is 0 Å². The van der Waals surface area contributed by atoms with Gasteiger partial charge in [0.25, 0.3) is 5.91 Å². The van der Waals surface area contributed by atoms with E-state index in [4.69, 9.17) is 9.47 Å². The molecule has 162 valence electrons. The minimum atomic E-state index is -3.34. The van der Waals surface area contributed by atoms with Crippen molar-refractivity contribution in [3.63, 3.8) is 0 Å². The number of ether oxygens (including phenoxy) is 2. The molecule has 7 nitrogen and oxygen atoms in total. The number of para-hydroxylation sites is 2. The lowest BCUT2D eigenvalue weighted by Crippen LogP contribution is -2.39. The number of nitrogens with zero attached hydrogens (tertiary/aromatic N) is 1. The summed E-state index contributed by atoms with van der Waals surface area (Å²) < 4.78 is 37.4. The molecule has 0 unspecified atom stereocenters. The van der Waals surface area contributed by atoms with Gasteiger partial charge in [-0.2, -0.15) is 0 Å². The van der Waals surface area contributed by atoms with Crippen LogP contribution in [0.15, 0.2) is 42.5 Å². The van der Waals surface area contributed by atoms with Gasteiger partial charge in [0.15, 0.2) is 11.5 Å². The Labute approximate surface area is 178 Å². The van der Waals surface area contributed by atoms with Crippen molar-refractivity contribution >= 4 is 21.6 Å². The quantitative estimate of drug-likeness (QED) is 0.727. The summed E-state index contributed by atoms with van der Waals surface area (Å²) in [7, 11) is -1.77. The molecule has 30 heavy (non-hydrogen) atoms. The van der Waals surface area contributed by atoms with E-state index < -0.39 is 10.0 Å². The SMILES string of the molecule is COc1ccccc1OC[C@@H](C)NC(=O)c1ccc(C)c(N2CCCCS2(=O)=O)c1. The standard InChI is InChI=1S/C22H28N2O5S/c1-16-10-11-18(14-19(16)24-12-6-7-13-30(24,26)27)22(25)23-17(2)15-29-21-9-5-4-8-20(21)28-3/h4-5,8-11,14,17H,6-7,12-13,15H2,1-3H3,(H,23,25)/t17-/m1/s1. The first kappa shape index (κ1) is 22.0. The van der Waals surface area contributed by atoms with Gasteiger partial charge in [0.05, 0.1) is 24.6 Å². The van der Waals surface area contributed by atoms with E-state index in [9.17, 15) is 13.2 Å². The molecular weight excluding hydrogens is 404 g/mol. The van der Waals surface area contributed by atoms with Crippen LogP contribution in [0.4, 0.5) is 5.69 Å². The molecule has 1 N–H and O–H groups in total. The summed E-state index contributed by atoms with van der Waals surface area (Å²) in [6.45, 7) is 4.41. The first-order valence-electron chi connectivity index (χ1n) is 9.99. The van der Waals surface area contributed by atoms with Crippen LogP contribution >= 0.6 is 0 Å². The van der Waals surface area contributed by atoms with Gasteiger partial charge in [0.2, 0.25) is 10.0 Å². The number of methoxy groups -OCH3 is 1. The van der Waals surface area contributed by atoms with Crippen molar-refractivity contribution in [2.45, 2.75) is 32.7 Å². The van der Waals surface area contributed by atoms with Crippen LogP contribution in [0, 0.1) is 6.92 Å². The Hall–Kier alpha value is -2.74. The zero-order valence-electron chi connectivity index (χ0n) is 17.6. The lowest BCUT2D eigenvalue weighted by atomic mass is 10.1. The molecular formula is C22H28N2O5S. The van der Waals surface area contributed by atoms with Crippen LogP contribution in [-0.4, -0.2) is 46.4 Å². The van der Waals surface area contributed by atoms with Crippen molar-refractivity contribution in [2.24, 2.45) is 0 Å². The van der Waals surface area contributed by atoms with Crippen molar-refractivity contribution in [3.05, 3.63) is 53.6 Å². The molecule has 2 aromatic rings. The molecule has 0 saturated carbocycles. The highest BCUT2D eigenvalue weighted by atomic mass is 32.2. The molecule has 0 aliphatic carbocycles. The number of anilines is 1. The third-order valence-electron chi connectivity index (χ3n) is 5.02. The summed E-state index contributed by atoms with van der Waals surface area (Å²) in [4.78, 5) is 12.7. The molecule has 1 amide bonds. The average molecular weight is 433 g/mol. The number of rotatable bonds is 7. The van der Waals surface area contributed by atoms with Crippen LogP contribution < -0.4 is 19.1 Å². The highest BCUT2D eigenvalue weighted by molar-refractivity contribution is 7.92. The highest BCUT2D eigenvalue weighted by Gasteiger charge is 2.27. The van der Waals surface area contributed by atoms with Gasteiger partial charge in [0, 0.05) is 12.1 Å². The van der Waals surface area contributed by atoms with Crippen LogP contribution in [-0.2, 0) is 10.0 Å². The molecule has 1 aliphatic rings. The molecule has 0 aromatic heterocycles. The maximum absolute atomic E-state index is 12.7. The summed E-state index contributed by atoms with van der Waals surface area (Å²) in [6.07, 6.45) is 1.48. The number of hydrogen-bond donors (Lipinski definition) is 1. The fourth-order valence-electron chi connectivity index (χ4n) is 3.38. The van der Waals surface area contributed by atoms with Gasteiger partial charge in [0.1, 0.15) is 6.61 Å². The van der Waals surface area contributed by atoms with Crippen LogP contribution in [0.1, 0.15) is 35.7 Å². The summed E-state index contributed by atoms with van der Waals surface area (Å²) in [5.41, 5.74) is 1.81. The zero-order valence-corrected chi connectivity index (χ0v) is 18.4. The maximum Gasteiger partial charge on any atom is 0.251 e.